The first-order valence-electron chi connectivity index (χ1n) is 7.00. The van der Waals surface area contributed by atoms with Crippen LogP contribution < -0.4 is 0 Å². The highest BCUT2D eigenvalue weighted by atomic mass is 16.3. The maximum Gasteiger partial charge on any atom is 0.0446 e. The molecule has 1 fully saturated rings. The lowest BCUT2D eigenvalue weighted by atomic mass is 9.93. The second-order valence-corrected chi connectivity index (χ2v) is 6.16. The molecule has 3 heteroatoms. The Bertz CT molecular complexity index is 230. The van der Waals surface area contributed by atoms with Crippen LogP contribution in [-0.4, -0.2) is 59.3 Å². The molecule has 0 radical (unpaired) electrons. The highest BCUT2D eigenvalue weighted by Crippen LogP contribution is 2.30. The maximum absolute atomic E-state index is 9.29. The van der Waals surface area contributed by atoms with Gasteiger partial charge in [0.15, 0.2) is 0 Å². The number of aliphatic hydroxyl groups is 1. The van der Waals surface area contributed by atoms with Gasteiger partial charge in [0.1, 0.15) is 0 Å². The van der Waals surface area contributed by atoms with Gasteiger partial charge in [-0.1, -0.05) is 6.92 Å². The van der Waals surface area contributed by atoms with Crippen LogP contribution in [-0.2, 0) is 0 Å². The standard InChI is InChI=1S/C14H30N2O/c1-6-12(2)16-13(7-10-17)11-15(5)9-8-14(16,3)4/h12-13,17H,6-11H2,1-5H3. The van der Waals surface area contributed by atoms with E-state index >= 15 is 0 Å². The fraction of sp³-hybridized carbons (Fsp3) is 1.00. The molecule has 0 aliphatic carbocycles. The van der Waals surface area contributed by atoms with Crippen molar-refractivity contribution < 1.29 is 5.11 Å². The Hall–Kier alpha value is -0.120. The summed E-state index contributed by atoms with van der Waals surface area (Å²) in [5.41, 5.74) is 0.236. The van der Waals surface area contributed by atoms with E-state index in [1.807, 2.05) is 0 Å². The van der Waals surface area contributed by atoms with Gasteiger partial charge in [-0.05, 0) is 53.6 Å². The number of nitrogens with zero attached hydrogens (tertiary/aromatic N) is 2. The van der Waals surface area contributed by atoms with Crippen LogP contribution in [0.25, 0.3) is 0 Å². The van der Waals surface area contributed by atoms with Crippen molar-refractivity contribution in [2.24, 2.45) is 0 Å². The number of hydrogen-bond donors (Lipinski definition) is 1. The molecular formula is C14H30N2O. The third-order valence-electron chi connectivity index (χ3n) is 4.25. The molecule has 0 aromatic heterocycles. The third-order valence-corrected chi connectivity index (χ3v) is 4.25. The van der Waals surface area contributed by atoms with Gasteiger partial charge in [-0.2, -0.15) is 0 Å². The molecule has 0 amide bonds. The zero-order valence-corrected chi connectivity index (χ0v) is 12.2. The number of aliphatic hydroxyl groups excluding tert-OH is 1. The van der Waals surface area contributed by atoms with E-state index in [9.17, 15) is 5.11 Å². The second kappa shape index (κ2) is 6.17. The van der Waals surface area contributed by atoms with E-state index in [4.69, 9.17) is 0 Å². The molecule has 2 unspecified atom stereocenters. The van der Waals surface area contributed by atoms with Gasteiger partial charge in [-0.25, -0.2) is 0 Å². The van der Waals surface area contributed by atoms with Crippen molar-refractivity contribution in [1.29, 1.82) is 0 Å². The van der Waals surface area contributed by atoms with Crippen LogP contribution in [0.3, 0.4) is 0 Å². The van der Waals surface area contributed by atoms with E-state index in [1.165, 1.54) is 12.8 Å². The van der Waals surface area contributed by atoms with E-state index in [0.717, 1.165) is 19.5 Å². The van der Waals surface area contributed by atoms with Crippen molar-refractivity contribution in [1.82, 2.24) is 9.80 Å². The molecule has 0 saturated carbocycles. The summed E-state index contributed by atoms with van der Waals surface area (Å²) in [5.74, 6) is 0. The summed E-state index contributed by atoms with van der Waals surface area (Å²) in [6, 6.07) is 1.07. The van der Waals surface area contributed by atoms with Gasteiger partial charge < -0.3 is 10.0 Å². The Labute approximate surface area is 107 Å². The minimum Gasteiger partial charge on any atom is -0.396 e. The maximum atomic E-state index is 9.29. The van der Waals surface area contributed by atoms with Gasteiger partial charge in [0.25, 0.3) is 0 Å². The fourth-order valence-electron chi connectivity index (χ4n) is 3.16. The molecule has 0 aromatic rings. The molecule has 1 N–H and O–H groups in total. The van der Waals surface area contributed by atoms with Crippen LogP contribution in [0.2, 0.25) is 0 Å². The summed E-state index contributed by atoms with van der Waals surface area (Å²) < 4.78 is 0. The van der Waals surface area contributed by atoms with Crippen LogP contribution in [0.15, 0.2) is 0 Å². The van der Waals surface area contributed by atoms with E-state index in [1.54, 1.807) is 0 Å². The van der Waals surface area contributed by atoms with Crippen molar-refractivity contribution >= 4 is 0 Å². The minimum atomic E-state index is 0.236. The topological polar surface area (TPSA) is 26.7 Å². The lowest BCUT2D eigenvalue weighted by molar-refractivity contribution is 0.0230. The van der Waals surface area contributed by atoms with Crippen molar-refractivity contribution in [2.75, 3.05) is 26.7 Å². The summed E-state index contributed by atoms with van der Waals surface area (Å²) in [7, 11) is 2.20. The summed E-state index contributed by atoms with van der Waals surface area (Å²) in [6.07, 6.45) is 3.27. The zero-order valence-electron chi connectivity index (χ0n) is 12.2. The van der Waals surface area contributed by atoms with Crippen LogP contribution in [0.5, 0.6) is 0 Å². The van der Waals surface area contributed by atoms with E-state index in [-0.39, 0.29) is 5.54 Å². The van der Waals surface area contributed by atoms with Crippen LogP contribution >= 0.6 is 0 Å². The van der Waals surface area contributed by atoms with Crippen LogP contribution in [0, 0.1) is 0 Å². The van der Waals surface area contributed by atoms with Gasteiger partial charge in [0, 0.05) is 30.8 Å². The molecule has 0 spiro atoms. The Morgan fingerprint density at radius 3 is 2.59 bits per heavy atom. The molecule has 3 nitrogen and oxygen atoms in total. The second-order valence-electron chi connectivity index (χ2n) is 6.16. The normalized spacial score (nSPS) is 28.9. The van der Waals surface area contributed by atoms with Gasteiger partial charge in [-0.15, -0.1) is 0 Å². The molecule has 1 aliphatic rings. The van der Waals surface area contributed by atoms with Gasteiger partial charge >= 0.3 is 0 Å². The van der Waals surface area contributed by atoms with E-state index in [0.29, 0.717) is 18.7 Å². The molecule has 102 valence electrons. The van der Waals surface area contributed by atoms with Crippen LogP contribution in [0.1, 0.15) is 47.0 Å². The van der Waals surface area contributed by atoms with Crippen molar-refractivity contribution in [3.05, 3.63) is 0 Å². The zero-order chi connectivity index (χ0) is 13.1. The lowest BCUT2D eigenvalue weighted by Crippen LogP contribution is -2.54. The Morgan fingerprint density at radius 2 is 2.06 bits per heavy atom. The lowest BCUT2D eigenvalue weighted by Gasteiger charge is -2.45. The van der Waals surface area contributed by atoms with Gasteiger partial charge in [-0.3, -0.25) is 4.90 Å². The molecule has 1 aliphatic heterocycles. The smallest absolute Gasteiger partial charge is 0.0446 e. The first-order valence-corrected chi connectivity index (χ1v) is 7.00. The summed E-state index contributed by atoms with van der Waals surface area (Å²) >= 11 is 0. The average molecular weight is 242 g/mol. The summed E-state index contributed by atoms with van der Waals surface area (Å²) in [6.45, 7) is 11.8. The molecule has 0 aromatic carbocycles. The van der Waals surface area contributed by atoms with Crippen molar-refractivity contribution in [2.45, 2.75) is 64.6 Å². The summed E-state index contributed by atoms with van der Waals surface area (Å²) in [5, 5.41) is 9.29. The highest BCUT2D eigenvalue weighted by Gasteiger charge is 2.37. The molecule has 2 atom stereocenters. The Balaban J connectivity index is 2.93. The average Bonchev–Trinajstić information content (AvgIpc) is 2.36. The van der Waals surface area contributed by atoms with Gasteiger partial charge in [0.05, 0.1) is 0 Å². The number of hydrogen-bond acceptors (Lipinski definition) is 3. The molecule has 1 heterocycles. The Morgan fingerprint density at radius 1 is 1.41 bits per heavy atom. The first-order chi connectivity index (χ1) is 7.92. The van der Waals surface area contributed by atoms with Crippen molar-refractivity contribution in [3.63, 3.8) is 0 Å². The predicted octanol–water partition coefficient (Wildman–Crippen LogP) is 1.95. The first kappa shape index (κ1) is 14.9. The minimum absolute atomic E-state index is 0.236. The number of rotatable bonds is 4. The molecule has 0 bridgehead atoms. The van der Waals surface area contributed by atoms with Gasteiger partial charge in [0.2, 0.25) is 0 Å². The number of likely N-dealkylation sites (N-methyl/N-ethyl adjacent to an activating group) is 1. The monoisotopic (exact) mass is 242 g/mol. The molecule has 17 heavy (non-hydrogen) atoms. The third kappa shape index (κ3) is 3.67. The van der Waals surface area contributed by atoms with Crippen molar-refractivity contribution in [3.8, 4) is 0 Å². The fourth-order valence-corrected chi connectivity index (χ4v) is 3.16. The summed E-state index contributed by atoms with van der Waals surface area (Å²) in [4.78, 5) is 5.05. The van der Waals surface area contributed by atoms with E-state index in [2.05, 4.69) is 44.5 Å². The van der Waals surface area contributed by atoms with E-state index < -0.39 is 0 Å². The quantitative estimate of drug-likeness (QED) is 0.816. The predicted molar refractivity (Wildman–Crippen MR) is 73.3 cm³/mol. The SMILES string of the molecule is CCC(C)N1C(CCO)CN(C)CCC1(C)C. The molecular weight excluding hydrogens is 212 g/mol. The Kier molecular flexibility index (Phi) is 5.42. The largest absolute Gasteiger partial charge is 0.396 e. The van der Waals surface area contributed by atoms with Crippen LogP contribution in [0.4, 0.5) is 0 Å². The molecule has 1 saturated heterocycles. The molecule has 1 rings (SSSR count). The highest BCUT2D eigenvalue weighted by molar-refractivity contribution is 4.93.